The van der Waals surface area contributed by atoms with Crippen LogP contribution in [0.5, 0.6) is 0 Å². The van der Waals surface area contributed by atoms with E-state index in [1.54, 1.807) is 76.2 Å². The van der Waals surface area contributed by atoms with E-state index >= 15 is 0 Å². The summed E-state index contributed by atoms with van der Waals surface area (Å²) in [4.78, 5) is 198. The summed E-state index contributed by atoms with van der Waals surface area (Å²) in [6.07, 6.45) is -5.02. The van der Waals surface area contributed by atoms with Gasteiger partial charge in [0, 0.05) is 41.8 Å². The van der Waals surface area contributed by atoms with Crippen molar-refractivity contribution in [3.63, 3.8) is 0 Å². The van der Waals surface area contributed by atoms with Gasteiger partial charge in [0.2, 0.25) is 76.2 Å². The first-order chi connectivity index (χ1) is 43.4. The molecule has 4 heterocycles. The van der Waals surface area contributed by atoms with Gasteiger partial charge >= 0.3 is 11.9 Å². The number of ether oxygens (including phenoxy) is 2. The second-order valence-electron chi connectivity index (χ2n) is 23.0. The fourth-order valence-corrected chi connectivity index (χ4v) is 10.5. The van der Waals surface area contributed by atoms with Crippen LogP contribution in [0.1, 0.15) is 97.6 Å². The first-order valence-corrected chi connectivity index (χ1v) is 29.6. The van der Waals surface area contributed by atoms with Gasteiger partial charge in [0.15, 0.2) is 0 Å². The number of hydrogen-bond acceptors (Lipinski definition) is 21. The Kier molecular flexibility index (Phi) is 24.0. The number of hydrogen-bond donors (Lipinski definition) is 17. The molecule has 0 radical (unpaired) electrons. The molecule has 34 nitrogen and oxygen atoms in total. The highest BCUT2D eigenvalue weighted by atomic mass is 16.6. The lowest BCUT2D eigenvalue weighted by Crippen LogP contribution is -2.61. The van der Waals surface area contributed by atoms with E-state index in [0.29, 0.717) is 28.9 Å². The van der Waals surface area contributed by atoms with Gasteiger partial charge in [0.25, 0.3) is 11.8 Å². The van der Waals surface area contributed by atoms with Gasteiger partial charge < -0.3 is 100 Å². The molecule has 4 aliphatic heterocycles. The minimum atomic E-state index is -1.82. The molecule has 6 rings (SSSR count). The summed E-state index contributed by atoms with van der Waals surface area (Å²) in [5.74, 6) is -15.6. The largest absolute Gasteiger partial charge is 0.442 e. The van der Waals surface area contributed by atoms with Crippen molar-refractivity contribution in [2.75, 3.05) is 30.3 Å². The summed E-state index contributed by atoms with van der Waals surface area (Å²) in [5.41, 5.74) is 9.42. The van der Waals surface area contributed by atoms with Crippen molar-refractivity contribution < 1.29 is 96.7 Å². The highest BCUT2D eigenvalue weighted by Gasteiger charge is 2.60. The lowest BCUT2D eigenvalue weighted by Gasteiger charge is -2.28. The normalized spacial score (nSPS) is 22.0. The van der Waals surface area contributed by atoms with Crippen molar-refractivity contribution in [1.29, 1.82) is 0 Å². The highest BCUT2D eigenvalue weighted by molar-refractivity contribution is 6.09. The van der Waals surface area contributed by atoms with E-state index in [-0.39, 0.29) is 19.3 Å². The Morgan fingerprint density at radius 2 is 0.989 bits per heavy atom. The van der Waals surface area contributed by atoms with E-state index in [1.165, 1.54) is 0 Å². The first-order valence-electron chi connectivity index (χ1n) is 29.6. The zero-order valence-corrected chi connectivity index (χ0v) is 51.1. The third-order valence-electron chi connectivity index (χ3n) is 16.2. The number of aliphatic hydroxyl groups is 3. The molecule has 500 valence electrons. The number of nitrogens with one attached hydrogen (secondary N) is 12. The number of para-hydroxylation sites is 2. The number of esters is 2. The second-order valence-corrected chi connectivity index (χ2v) is 23.0. The number of primary amides is 1. The van der Waals surface area contributed by atoms with Crippen LogP contribution in [0.4, 0.5) is 11.4 Å². The topological polar surface area (TPSA) is 532 Å². The molecule has 34 heteroatoms. The molecule has 2 saturated heterocycles. The van der Waals surface area contributed by atoms with Crippen LogP contribution in [-0.2, 0) is 92.6 Å². The Balaban J connectivity index is 0.956. The van der Waals surface area contributed by atoms with Crippen molar-refractivity contribution >= 4 is 100 Å². The van der Waals surface area contributed by atoms with Crippen LogP contribution in [0.25, 0.3) is 0 Å². The monoisotopic (exact) mass is 1290 g/mol. The number of benzene rings is 2. The summed E-state index contributed by atoms with van der Waals surface area (Å²) in [6.45, 7) is 6.16. The van der Waals surface area contributed by atoms with Crippen molar-refractivity contribution in [2.24, 2.45) is 23.3 Å². The maximum Gasteiger partial charge on any atom is 0.330 e. The maximum absolute atomic E-state index is 13.7. The molecule has 0 bridgehead atoms. The first kappa shape index (κ1) is 71.4. The fourth-order valence-electron chi connectivity index (χ4n) is 10.5. The van der Waals surface area contributed by atoms with E-state index in [2.05, 4.69) is 63.8 Å². The van der Waals surface area contributed by atoms with Crippen LogP contribution >= 0.6 is 0 Å². The number of rotatable bonds is 31. The minimum Gasteiger partial charge on any atom is -0.442 e. The number of amides is 13. The molecule has 2 aromatic carbocycles. The number of anilines is 2. The zero-order chi connectivity index (χ0) is 68.1. The number of carbonyl (C=O) groups is 15. The zero-order valence-electron chi connectivity index (χ0n) is 51.1. The van der Waals surface area contributed by atoms with Gasteiger partial charge in [0.05, 0.1) is 44.4 Å². The molecule has 2 aromatic rings. The number of carbonyl (C=O) groups excluding carboxylic acids is 15. The Hall–Kier alpha value is -9.67. The molecule has 13 amide bonds. The lowest BCUT2D eigenvalue weighted by atomic mass is 9.90. The van der Waals surface area contributed by atoms with Crippen LogP contribution < -0.4 is 75.3 Å². The van der Waals surface area contributed by atoms with Crippen LogP contribution in [0.3, 0.4) is 0 Å². The van der Waals surface area contributed by atoms with E-state index in [1.807, 2.05) is 0 Å². The predicted molar refractivity (Wildman–Crippen MR) is 317 cm³/mol. The van der Waals surface area contributed by atoms with E-state index in [9.17, 15) is 87.2 Å². The average Bonchev–Trinajstić information content (AvgIpc) is 1.59. The van der Waals surface area contributed by atoms with Crippen LogP contribution in [-0.4, -0.2) is 190 Å². The quantitative estimate of drug-likeness (QED) is 0.0312. The van der Waals surface area contributed by atoms with Gasteiger partial charge in [-0.3, -0.25) is 62.3 Å². The molecular formula is C58H78N14O20. The Morgan fingerprint density at radius 1 is 0.554 bits per heavy atom. The Morgan fingerprint density at radius 3 is 1.48 bits per heavy atom. The molecule has 0 aliphatic carbocycles. The number of aliphatic hydroxyl groups excluding tert-OH is 3. The minimum absolute atomic E-state index is 0.249. The molecule has 0 saturated carbocycles. The molecule has 4 aliphatic rings. The second kappa shape index (κ2) is 30.9. The van der Waals surface area contributed by atoms with E-state index in [0.717, 1.165) is 13.8 Å². The van der Waals surface area contributed by atoms with Gasteiger partial charge in [-0.2, -0.15) is 0 Å². The lowest BCUT2D eigenvalue weighted by molar-refractivity contribution is -0.157. The predicted octanol–water partition coefficient (Wildman–Crippen LogP) is -6.48. The molecule has 0 aromatic heterocycles. The fraction of sp³-hybridized carbons (Fsp3) is 0.534. The SMILES string of the molecule is CCC(C)C(NC(=O)CNC(=O)CC(N)C(=O)NC(C(=O)NC(C(=O)NC1CC2(OC1=O)C(=O)Nc1ccccc12)C(C)CC)C(C)O)C(=O)NCC(=O)NC(CO)C(=O)NC(CCC(N)=O)C(=O)NC(C(=O)NC1CC2(OC1=O)C(=O)Nc1ccccc12)C(C)O. The Bertz CT molecular complexity index is 3240. The summed E-state index contributed by atoms with van der Waals surface area (Å²) < 4.78 is 11.0. The van der Waals surface area contributed by atoms with Crippen molar-refractivity contribution in [2.45, 2.75) is 164 Å². The summed E-state index contributed by atoms with van der Waals surface area (Å²) in [7, 11) is 0. The van der Waals surface area contributed by atoms with Crippen molar-refractivity contribution in [1.82, 2.24) is 53.2 Å². The van der Waals surface area contributed by atoms with Gasteiger partial charge in [-0.15, -0.1) is 0 Å². The highest BCUT2D eigenvalue weighted by Crippen LogP contribution is 2.47. The summed E-state index contributed by atoms with van der Waals surface area (Å²) in [5, 5.41) is 59.9. The molecule has 15 unspecified atom stereocenters. The molecule has 92 heavy (non-hydrogen) atoms. The third kappa shape index (κ3) is 16.8. The van der Waals surface area contributed by atoms with Gasteiger partial charge in [-0.05, 0) is 44.2 Å². The van der Waals surface area contributed by atoms with Crippen LogP contribution in [0.15, 0.2) is 48.5 Å². The van der Waals surface area contributed by atoms with Crippen LogP contribution in [0.2, 0.25) is 0 Å². The average molecular weight is 1290 g/mol. The Labute approximate surface area is 526 Å². The molecular weight excluding hydrogens is 1210 g/mol. The number of fused-ring (bicyclic) bond motifs is 4. The molecule has 15 atom stereocenters. The van der Waals surface area contributed by atoms with E-state index in [4.69, 9.17) is 20.9 Å². The van der Waals surface area contributed by atoms with Gasteiger partial charge in [-0.25, -0.2) is 9.59 Å². The van der Waals surface area contributed by atoms with Crippen LogP contribution in [0, 0.1) is 11.8 Å². The van der Waals surface area contributed by atoms with Crippen molar-refractivity contribution in [3.05, 3.63) is 59.7 Å². The molecule has 2 spiro atoms. The summed E-state index contributed by atoms with van der Waals surface area (Å²) >= 11 is 0. The number of nitrogens with two attached hydrogens (primary N) is 2. The van der Waals surface area contributed by atoms with Crippen molar-refractivity contribution in [3.8, 4) is 0 Å². The van der Waals surface area contributed by atoms with Gasteiger partial charge in [-0.1, -0.05) is 76.9 Å². The molecule has 19 N–H and O–H groups in total. The standard InChI is InChI=1S/C58H78N14O20/c1-7-25(3)42(69-41(79)22-61-39(77)19-31(59)46(80)71-45(28(6)75)52(86)70-43(26(4)8-2)50(84)65-35-20-57(91-53(35)87)29-13-9-11-15-32(29)67-55(57)89)49(83)62-23-40(78)63-37(24-73)48(82)64-34(17-18-38(60)76)47(81)72-44(27(5)74)51(85)66-36-21-58(92-54(36)88)30-14-10-12-16-33(30)68-56(58)90/h9-16,25-28,31,34-37,42-45,73-75H,7-8,17-24,59H2,1-6H3,(H2,60,76)(H,61,77)(H,62,83)(H,63,78)(H,64,82)(H,65,84)(H,66,85)(H,67,89)(H,68,90)(H,69,79)(H,70,86)(H,71,80)(H,72,81). The van der Waals surface area contributed by atoms with E-state index < -0.39 is 217 Å². The third-order valence-corrected chi connectivity index (χ3v) is 16.2. The van der Waals surface area contributed by atoms with Gasteiger partial charge in [0.1, 0.15) is 48.3 Å². The summed E-state index contributed by atoms with van der Waals surface area (Å²) in [6, 6.07) is -1.16. The molecule has 2 fully saturated rings. The maximum atomic E-state index is 13.7. The smallest absolute Gasteiger partial charge is 0.330 e.